The van der Waals surface area contributed by atoms with E-state index in [1.807, 2.05) is 18.2 Å². The number of carbonyl (C=O) groups is 1. The van der Waals surface area contributed by atoms with Gasteiger partial charge in [-0.15, -0.1) is 0 Å². The van der Waals surface area contributed by atoms with E-state index in [2.05, 4.69) is 28.1 Å². The number of carbonyl (C=O) groups excluding carboxylic acids is 1. The number of nitrogens with zero attached hydrogens (tertiary/aromatic N) is 2. The van der Waals surface area contributed by atoms with Gasteiger partial charge in [-0.1, -0.05) is 19.1 Å². The smallest absolute Gasteiger partial charge is 0.223 e. The second-order valence-electron chi connectivity index (χ2n) is 6.95. The maximum Gasteiger partial charge on any atom is 0.223 e. The molecule has 1 amide bonds. The normalized spacial score (nSPS) is 23.2. The predicted octanol–water partition coefficient (Wildman–Crippen LogP) is 1.69. The lowest BCUT2D eigenvalue weighted by Gasteiger charge is -2.32. The van der Waals surface area contributed by atoms with Gasteiger partial charge in [0, 0.05) is 51.7 Å². The Balaban J connectivity index is 1.53. The highest BCUT2D eigenvalue weighted by atomic mass is 16.5. The van der Waals surface area contributed by atoms with E-state index in [-0.39, 0.29) is 11.8 Å². The zero-order valence-corrected chi connectivity index (χ0v) is 14.8. The summed E-state index contributed by atoms with van der Waals surface area (Å²) in [6.07, 6.45) is 1.68. The molecule has 24 heavy (non-hydrogen) atoms. The van der Waals surface area contributed by atoms with Gasteiger partial charge in [0.1, 0.15) is 5.75 Å². The number of hydrogen-bond acceptors (Lipinski definition) is 4. The van der Waals surface area contributed by atoms with Gasteiger partial charge in [-0.25, -0.2) is 0 Å². The van der Waals surface area contributed by atoms with Gasteiger partial charge in [0.15, 0.2) is 0 Å². The Hall–Kier alpha value is -1.59. The quantitative estimate of drug-likeness (QED) is 0.892. The highest BCUT2D eigenvalue weighted by molar-refractivity contribution is 5.77. The Labute approximate surface area is 145 Å². The van der Waals surface area contributed by atoms with Crippen molar-refractivity contribution < 1.29 is 9.53 Å². The van der Waals surface area contributed by atoms with Crippen LogP contribution in [0.2, 0.25) is 0 Å². The van der Waals surface area contributed by atoms with Crippen molar-refractivity contribution in [2.45, 2.75) is 31.7 Å². The molecular weight excluding hydrogens is 302 g/mol. The molecule has 2 aliphatic heterocycles. The molecule has 0 spiro atoms. The molecule has 2 atom stereocenters. The zero-order valence-electron chi connectivity index (χ0n) is 14.8. The first-order valence-corrected chi connectivity index (χ1v) is 9.04. The Morgan fingerprint density at radius 2 is 2.12 bits per heavy atom. The van der Waals surface area contributed by atoms with E-state index in [1.165, 1.54) is 5.56 Å². The molecule has 0 saturated carbocycles. The number of amides is 1. The predicted molar refractivity (Wildman–Crippen MR) is 95.5 cm³/mol. The van der Waals surface area contributed by atoms with Crippen LogP contribution in [0.5, 0.6) is 5.75 Å². The number of benzene rings is 1. The zero-order chi connectivity index (χ0) is 16.9. The molecule has 5 heteroatoms. The molecule has 0 aromatic heterocycles. The number of hydrogen-bond donors (Lipinski definition) is 1. The van der Waals surface area contributed by atoms with Crippen LogP contribution >= 0.6 is 0 Å². The largest absolute Gasteiger partial charge is 0.497 e. The minimum Gasteiger partial charge on any atom is -0.497 e. The van der Waals surface area contributed by atoms with E-state index >= 15 is 0 Å². The van der Waals surface area contributed by atoms with Gasteiger partial charge in [-0.3, -0.25) is 9.69 Å². The Morgan fingerprint density at radius 3 is 2.88 bits per heavy atom. The van der Waals surface area contributed by atoms with E-state index in [9.17, 15) is 4.79 Å². The highest BCUT2D eigenvalue weighted by Gasteiger charge is 2.31. The number of piperazine rings is 1. The molecule has 2 heterocycles. The lowest BCUT2D eigenvalue weighted by Crippen LogP contribution is -2.49. The molecule has 1 aromatic rings. The van der Waals surface area contributed by atoms with E-state index in [4.69, 9.17) is 4.74 Å². The van der Waals surface area contributed by atoms with Crippen molar-refractivity contribution in [1.29, 1.82) is 0 Å². The van der Waals surface area contributed by atoms with Crippen molar-refractivity contribution in [2.75, 3.05) is 46.4 Å². The van der Waals surface area contributed by atoms with Crippen LogP contribution in [-0.4, -0.2) is 68.1 Å². The Morgan fingerprint density at radius 1 is 1.33 bits per heavy atom. The Kier molecular flexibility index (Phi) is 5.74. The number of likely N-dealkylation sites (tertiary alicyclic amines) is 1. The fourth-order valence-corrected chi connectivity index (χ4v) is 3.77. The maximum atomic E-state index is 12.7. The van der Waals surface area contributed by atoms with Crippen LogP contribution in [0, 0.1) is 0 Å². The standard InChI is InChI=1S/C19H29N3O2/c1-15(16-4-3-5-18(13-16)24-2)12-19(23)22-9-6-17(14-22)21-10-7-20-8-11-21/h3-5,13,15,17,20H,6-12,14H2,1-2H3. The lowest BCUT2D eigenvalue weighted by atomic mass is 9.97. The van der Waals surface area contributed by atoms with Crippen LogP contribution in [0.4, 0.5) is 0 Å². The minimum atomic E-state index is 0.214. The number of rotatable bonds is 5. The van der Waals surface area contributed by atoms with Crippen LogP contribution in [-0.2, 0) is 4.79 Å². The fourth-order valence-electron chi connectivity index (χ4n) is 3.77. The van der Waals surface area contributed by atoms with Crippen molar-refractivity contribution in [1.82, 2.24) is 15.1 Å². The third kappa shape index (κ3) is 4.08. The average molecular weight is 331 g/mol. The van der Waals surface area contributed by atoms with Gasteiger partial charge < -0.3 is 15.0 Å². The van der Waals surface area contributed by atoms with Crippen LogP contribution in [0.25, 0.3) is 0 Å². The monoisotopic (exact) mass is 331 g/mol. The molecule has 0 aliphatic carbocycles. The summed E-state index contributed by atoms with van der Waals surface area (Å²) in [6, 6.07) is 8.59. The molecule has 2 unspecified atom stereocenters. The molecule has 1 N–H and O–H groups in total. The van der Waals surface area contributed by atoms with Crippen LogP contribution in [0.3, 0.4) is 0 Å². The molecule has 3 rings (SSSR count). The van der Waals surface area contributed by atoms with E-state index in [1.54, 1.807) is 7.11 Å². The summed E-state index contributed by atoms with van der Waals surface area (Å²) in [5.74, 6) is 1.35. The van der Waals surface area contributed by atoms with Crippen LogP contribution in [0.15, 0.2) is 24.3 Å². The number of ether oxygens (including phenoxy) is 1. The van der Waals surface area contributed by atoms with E-state index < -0.39 is 0 Å². The first kappa shape index (κ1) is 17.2. The molecule has 132 valence electrons. The van der Waals surface area contributed by atoms with Crippen LogP contribution < -0.4 is 10.1 Å². The van der Waals surface area contributed by atoms with Crippen molar-refractivity contribution in [3.8, 4) is 5.75 Å². The van der Waals surface area contributed by atoms with Crippen molar-refractivity contribution >= 4 is 5.91 Å². The molecule has 2 aliphatic rings. The summed E-state index contributed by atoms with van der Waals surface area (Å²) < 4.78 is 5.29. The van der Waals surface area contributed by atoms with Gasteiger partial charge in [-0.05, 0) is 30.0 Å². The van der Waals surface area contributed by atoms with Crippen molar-refractivity contribution in [2.24, 2.45) is 0 Å². The topological polar surface area (TPSA) is 44.8 Å². The second kappa shape index (κ2) is 7.99. The molecular formula is C19H29N3O2. The van der Waals surface area contributed by atoms with Crippen LogP contribution in [0.1, 0.15) is 31.2 Å². The summed E-state index contributed by atoms with van der Waals surface area (Å²) >= 11 is 0. The van der Waals surface area contributed by atoms with E-state index in [0.717, 1.165) is 51.4 Å². The lowest BCUT2D eigenvalue weighted by molar-refractivity contribution is -0.130. The summed E-state index contributed by atoms with van der Waals surface area (Å²) in [5.41, 5.74) is 1.17. The van der Waals surface area contributed by atoms with Crippen molar-refractivity contribution in [3.05, 3.63) is 29.8 Å². The molecule has 0 bridgehead atoms. The number of nitrogens with one attached hydrogen (secondary N) is 1. The average Bonchev–Trinajstić information content (AvgIpc) is 3.13. The molecule has 5 nitrogen and oxygen atoms in total. The SMILES string of the molecule is COc1cccc(C(C)CC(=O)N2CCC(N3CCNCC3)C2)c1. The van der Waals surface area contributed by atoms with Gasteiger partial charge >= 0.3 is 0 Å². The molecule has 1 aromatic carbocycles. The highest BCUT2D eigenvalue weighted by Crippen LogP contribution is 2.25. The second-order valence-corrected chi connectivity index (χ2v) is 6.95. The minimum absolute atomic E-state index is 0.214. The van der Waals surface area contributed by atoms with Gasteiger partial charge in [0.05, 0.1) is 7.11 Å². The van der Waals surface area contributed by atoms with E-state index in [0.29, 0.717) is 12.5 Å². The third-order valence-corrected chi connectivity index (χ3v) is 5.33. The van der Waals surface area contributed by atoms with Gasteiger partial charge in [-0.2, -0.15) is 0 Å². The summed E-state index contributed by atoms with van der Waals surface area (Å²) in [6.45, 7) is 8.26. The molecule has 2 saturated heterocycles. The fraction of sp³-hybridized carbons (Fsp3) is 0.632. The van der Waals surface area contributed by atoms with Gasteiger partial charge in [0.25, 0.3) is 0 Å². The van der Waals surface area contributed by atoms with Crippen molar-refractivity contribution in [3.63, 3.8) is 0 Å². The first-order valence-electron chi connectivity index (χ1n) is 9.04. The maximum absolute atomic E-state index is 12.7. The Bertz CT molecular complexity index is 557. The summed E-state index contributed by atoms with van der Waals surface area (Å²) in [4.78, 5) is 17.3. The summed E-state index contributed by atoms with van der Waals surface area (Å²) in [7, 11) is 1.68. The third-order valence-electron chi connectivity index (χ3n) is 5.33. The molecule has 2 fully saturated rings. The number of methoxy groups -OCH3 is 1. The summed E-state index contributed by atoms with van der Waals surface area (Å²) in [5, 5.41) is 3.39. The van der Waals surface area contributed by atoms with Gasteiger partial charge in [0.2, 0.25) is 5.91 Å². The first-order chi connectivity index (χ1) is 11.7. The molecule has 0 radical (unpaired) electrons.